The summed E-state index contributed by atoms with van der Waals surface area (Å²) < 4.78 is 19.4. The molecule has 0 amide bonds. The smallest absolute Gasteiger partial charge is 0.147 e. The van der Waals surface area contributed by atoms with Crippen molar-refractivity contribution in [1.82, 2.24) is 0 Å². The van der Waals surface area contributed by atoms with Crippen molar-refractivity contribution < 1.29 is 9.13 Å². The van der Waals surface area contributed by atoms with Gasteiger partial charge in [-0.1, -0.05) is 24.3 Å². The van der Waals surface area contributed by atoms with Gasteiger partial charge in [0, 0.05) is 11.6 Å². The maximum atomic E-state index is 13.9. The minimum Gasteiger partial charge on any atom is -0.489 e. The normalized spacial score (nSPS) is 11.7. The van der Waals surface area contributed by atoms with Gasteiger partial charge in [-0.05, 0) is 30.7 Å². The van der Waals surface area contributed by atoms with Gasteiger partial charge in [0.15, 0.2) is 0 Å². The fourth-order valence-corrected chi connectivity index (χ4v) is 1.83. The topological polar surface area (TPSA) is 59.0 Å². The van der Waals surface area contributed by atoms with E-state index in [0.717, 1.165) is 5.56 Å². The standard InChI is InChI=1S/C16H15FN2O/c1-11(19)12-4-3-7-15(8-12)20-10-14-6-2-5-13(9-18)16(14)17/h2-8,11H,10,19H2,1H3. The van der Waals surface area contributed by atoms with Gasteiger partial charge in [0.25, 0.3) is 0 Å². The van der Waals surface area contributed by atoms with Gasteiger partial charge in [-0.3, -0.25) is 0 Å². The zero-order valence-corrected chi connectivity index (χ0v) is 11.1. The Kier molecular flexibility index (Phi) is 4.34. The molecule has 0 bridgehead atoms. The monoisotopic (exact) mass is 270 g/mol. The third-order valence-corrected chi connectivity index (χ3v) is 2.98. The average molecular weight is 270 g/mol. The number of halogens is 1. The maximum absolute atomic E-state index is 13.9. The Morgan fingerprint density at radius 3 is 2.75 bits per heavy atom. The minimum absolute atomic E-state index is 0.0235. The Hall–Kier alpha value is -2.38. The Morgan fingerprint density at radius 2 is 2.05 bits per heavy atom. The van der Waals surface area contributed by atoms with Crippen molar-refractivity contribution in [3.63, 3.8) is 0 Å². The molecule has 2 aromatic carbocycles. The summed E-state index contributed by atoms with van der Waals surface area (Å²) >= 11 is 0. The Morgan fingerprint density at radius 1 is 1.30 bits per heavy atom. The van der Waals surface area contributed by atoms with Gasteiger partial charge in [0.2, 0.25) is 0 Å². The molecule has 0 spiro atoms. The quantitative estimate of drug-likeness (QED) is 0.927. The third kappa shape index (κ3) is 3.14. The van der Waals surface area contributed by atoms with Gasteiger partial charge < -0.3 is 10.5 Å². The second-order valence-electron chi connectivity index (χ2n) is 4.54. The van der Waals surface area contributed by atoms with E-state index in [-0.39, 0.29) is 18.2 Å². The molecule has 2 aromatic rings. The molecule has 3 nitrogen and oxygen atoms in total. The molecule has 0 aliphatic rings. The van der Waals surface area contributed by atoms with E-state index in [1.165, 1.54) is 6.07 Å². The largest absolute Gasteiger partial charge is 0.489 e. The number of nitrogens with two attached hydrogens (primary N) is 1. The highest BCUT2D eigenvalue weighted by Crippen LogP contribution is 2.20. The number of rotatable bonds is 4. The third-order valence-electron chi connectivity index (χ3n) is 2.98. The van der Waals surface area contributed by atoms with Crippen molar-refractivity contribution in [1.29, 1.82) is 5.26 Å². The second-order valence-corrected chi connectivity index (χ2v) is 4.54. The summed E-state index contributed by atoms with van der Waals surface area (Å²) in [4.78, 5) is 0. The van der Waals surface area contributed by atoms with Crippen LogP contribution in [0.25, 0.3) is 0 Å². The van der Waals surface area contributed by atoms with Gasteiger partial charge in [-0.25, -0.2) is 4.39 Å². The first kappa shape index (κ1) is 14.0. The summed E-state index contributed by atoms with van der Waals surface area (Å²) in [6.07, 6.45) is 0. The number of benzene rings is 2. The molecule has 0 heterocycles. The first-order valence-corrected chi connectivity index (χ1v) is 6.27. The van der Waals surface area contributed by atoms with Crippen LogP contribution in [0, 0.1) is 17.1 Å². The predicted molar refractivity (Wildman–Crippen MR) is 74.5 cm³/mol. The zero-order chi connectivity index (χ0) is 14.5. The Balaban J connectivity index is 2.13. The van der Waals surface area contributed by atoms with E-state index in [2.05, 4.69) is 0 Å². The van der Waals surface area contributed by atoms with Crippen molar-refractivity contribution in [2.45, 2.75) is 19.6 Å². The van der Waals surface area contributed by atoms with Crippen molar-refractivity contribution in [3.8, 4) is 11.8 Å². The van der Waals surface area contributed by atoms with Crippen LogP contribution in [-0.2, 0) is 6.61 Å². The molecule has 0 aliphatic carbocycles. The molecular formula is C16H15FN2O. The molecule has 0 aliphatic heterocycles. The van der Waals surface area contributed by atoms with Gasteiger partial charge in [0.1, 0.15) is 24.2 Å². The SMILES string of the molecule is CC(N)c1cccc(OCc2cccc(C#N)c2F)c1. The number of hydrogen-bond acceptors (Lipinski definition) is 3. The summed E-state index contributed by atoms with van der Waals surface area (Å²) in [7, 11) is 0. The maximum Gasteiger partial charge on any atom is 0.147 e. The predicted octanol–water partition coefficient (Wildman–Crippen LogP) is 3.30. The molecule has 102 valence electrons. The molecule has 0 saturated heterocycles. The Labute approximate surface area is 117 Å². The molecule has 20 heavy (non-hydrogen) atoms. The number of nitriles is 1. The Bertz CT molecular complexity index is 647. The first-order chi connectivity index (χ1) is 9.61. The lowest BCUT2D eigenvalue weighted by atomic mass is 10.1. The van der Waals surface area contributed by atoms with E-state index in [4.69, 9.17) is 15.7 Å². The van der Waals surface area contributed by atoms with E-state index < -0.39 is 5.82 Å². The molecule has 0 saturated carbocycles. The fraction of sp³-hybridized carbons (Fsp3) is 0.188. The van der Waals surface area contributed by atoms with E-state index in [1.807, 2.05) is 31.2 Å². The van der Waals surface area contributed by atoms with E-state index >= 15 is 0 Å². The van der Waals surface area contributed by atoms with Crippen LogP contribution in [0.2, 0.25) is 0 Å². The van der Waals surface area contributed by atoms with E-state index in [1.54, 1.807) is 18.2 Å². The van der Waals surface area contributed by atoms with Crippen molar-refractivity contribution in [3.05, 3.63) is 65.0 Å². The molecule has 1 atom stereocenters. The van der Waals surface area contributed by atoms with Crippen LogP contribution >= 0.6 is 0 Å². The molecule has 2 N–H and O–H groups in total. The highest BCUT2D eigenvalue weighted by atomic mass is 19.1. The van der Waals surface area contributed by atoms with Gasteiger partial charge in [-0.2, -0.15) is 5.26 Å². The van der Waals surface area contributed by atoms with Crippen LogP contribution in [0.5, 0.6) is 5.75 Å². The van der Waals surface area contributed by atoms with Gasteiger partial charge in [-0.15, -0.1) is 0 Å². The molecule has 1 unspecified atom stereocenters. The minimum atomic E-state index is -0.529. The summed E-state index contributed by atoms with van der Waals surface area (Å²) in [5, 5.41) is 8.78. The van der Waals surface area contributed by atoms with Crippen LogP contribution in [0.3, 0.4) is 0 Å². The summed E-state index contributed by atoms with van der Waals surface area (Å²) in [5.41, 5.74) is 7.13. The number of nitrogens with zero attached hydrogens (tertiary/aromatic N) is 1. The van der Waals surface area contributed by atoms with E-state index in [0.29, 0.717) is 11.3 Å². The molecule has 0 radical (unpaired) electrons. The van der Waals surface area contributed by atoms with Gasteiger partial charge in [0.05, 0.1) is 5.56 Å². The fourth-order valence-electron chi connectivity index (χ4n) is 1.83. The number of hydrogen-bond donors (Lipinski definition) is 1. The zero-order valence-electron chi connectivity index (χ0n) is 11.1. The van der Waals surface area contributed by atoms with Gasteiger partial charge >= 0.3 is 0 Å². The summed E-state index contributed by atoms with van der Waals surface area (Å²) in [6, 6.07) is 13.8. The highest BCUT2D eigenvalue weighted by molar-refractivity contribution is 5.35. The number of ether oxygens (including phenoxy) is 1. The van der Waals surface area contributed by atoms with Crippen LogP contribution in [0.15, 0.2) is 42.5 Å². The lowest BCUT2D eigenvalue weighted by molar-refractivity contribution is 0.299. The van der Waals surface area contributed by atoms with Crippen LogP contribution in [0.1, 0.15) is 29.7 Å². The van der Waals surface area contributed by atoms with Crippen LogP contribution in [0.4, 0.5) is 4.39 Å². The molecule has 0 fully saturated rings. The molecule has 2 rings (SSSR count). The lowest BCUT2D eigenvalue weighted by Gasteiger charge is -2.10. The van der Waals surface area contributed by atoms with Crippen molar-refractivity contribution in [2.75, 3.05) is 0 Å². The lowest BCUT2D eigenvalue weighted by Crippen LogP contribution is -2.05. The van der Waals surface area contributed by atoms with Crippen molar-refractivity contribution >= 4 is 0 Å². The molecular weight excluding hydrogens is 255 g/mol. The van der Waals surface area contributed by atoms with E-state index in [9.17, 15) is 4.39 Å². The first-order valence-electron chi connectivity index (χ1n) is 6.27. The summed E-state index contributed by atoms with van der Waals surface area (Å²) in [5.74, 6) is 0.0971. The summed E-state index contributed by atoms with van der Waals surface area (Å²) in [6.45, 7) is 1.96. The average Bonchev–Trinajstić information content (AvgIpc) is 2.46. The molecule has 4 heteroatoms. The van der Waals surface area contributed by atoms with Crippen LogP contribution < -0.4 is 10.5 Å². The van der Waals surface area contributed by atoms with Crippen molar-refractivity contribution in [2.24, 2.45) is 5.73 Å². The van der Waals surface area contributed by atoms with Crippen LogP contribution in [-0.4, -0.2) is 0 Å². The highest BCUT2D eigenvalue weighted by Gasteiger charge is 2.08. The molecule has 0 aromatic heterocycles. The second kappa shape index (κ2) is 6.18.